The number of carbonyl (C=O) groups excluding carboxylic acids is 1. The molecule has 0 fully saturated rings. The minimum Gasteiger partial charge on any atom is -0.443 e. The maximum absolute atomic E-state index is 11.5. The summed E-state index contributed by atoms with van der Waals surface area (Å²) in [5, 5.41) is 0. The third-order valence-electron chi connectivity index (χ3n) is 2.59. The highest BCUT2D eigenvalue weighted by Crippen LogP contribution is 2.38. The molecule has 0 saturated carbocycles. The van der Waals surface area contributed by atoms with E-state index in [4.69, 9.17) is 16.3 Å². The molecule has 1 atom stereocenters. The molecule has 6 heteroatoms. The number of rotatable bonds is 2. The van der Waals surface area contributed by atoms with Gasteiger partial charge in [-0.3, -0.25) is 5.43 Å². The Bertz CT molecular complexity index is 453. The van der Waals surface area contributed by atoms with E-state index in [0.717, 1.165) is 17.2 Å². The van der Waals surface area contributed by atoms with Crippen LogP contribution in [-0.2, 0) is 11.2 Å². The van der Waals surface area contributed by atoms with Crippen LogP contribution in [0.1, 0.15) is 43.7 Å². The van der Waals surface area contributed by atoms with E-state index in [-0.39, 0.29) is 6.04 Å². The SMILES string of the molecule is CC(C)(C)OC(=O)NNC1CCc2sc(Cl)cc21. The summed E-state index contributed by atoms with van der Waals surface area (Å²) < 4.78 is 5.95. The van der Waals surface area contributed by atoms with Crippen molar-refractivity contribution in [2.75, 3.05) is 0 Å². The van der Waals surface area contributed by atoms with E-state index in [1.54, 1.807) is 11.3 Å². The standard InChI is InChI=1S/C12H17ClN2O2S/c1-12(2,3)17-11(16)15-14-8-4-5-9-7(8)6-10(13)18-9/h6,8,14H,4-5H2,1-3H3,(H,15,16). The lowest BCUT2D eigenvalue weighted by Gasteiger charge is -2.21. The average molecular weight is 289 g/mol. The quantitative estimate of drug-likeness (QED) is 0.820. The lowest BCUT2D eigenvalue weighted by atomic mass is 10.2. The van der Waals surface area contributed by atoms with Crippen molar-refractivity contribution in [1.82, 2.24) is 10.9 Å². The molecular formula is C12H17ClN2O2S. The first-order chi connectivity index (χ1) is 8.35. The second kappa shape index (κ2) is 5.07. The Balaban J connectivity index is 1.87. The Morgan fingerprint density at radius 1 is 1.56 bits per heavy atom. The maximum atomic E-state index is 11.5. The Kier molecular flexibility index (Phi) is 3.84. The molecule has 2 rings (SSSR count). The normalized spacial score (nSPS) is 18.6. The van der Waals surface area contributed by atoms with E-state index in [9.17, 15) is 4.79 Å². The molecular weight excluding hydrogens is 272 g/mol. The molecule has 100 valence electrons. The fourth-order valence-corrected chi connectivity index (χ4v) is 3.29. The summed E-state index contributed by atoms with van der Waals surface area (Å²) in [6.07, 6.45) is 1.51. The van der Waals surface area contributed by atoms with Crippen molar-refractivity contribution in [3.8, 4) is 0 Å². The van der Waals surface area contributed by atoms with Crippen LogP contribution in [0.4, 0.5) is 4.79 Å². The van der Waals surface area contributed by atoms with Gasteiger partial charge in [-0.1, -0.05) is 11.6 Å². The molecule has 2 N–H and O–H groups in total. The lowest BCUT2D eigenvalue weighted by Crippen LogP contribution is -2.42. The summed E-state index contributed by atoms with van der Waals surface area (Å²) in [6.45, 7) is 5.50. The van der Waals surface area contributed by atoms with Crippen LogP contribution in [0, 0.1) is 0 Å². The molecule has 0 radical (unpaired) electrons. The summed E-state index contributed by atoms with van der Waals surface area (Å²) in [4.78, 5) is 12.8. The van der Waals surface area contributed by atoms with Crippen molar-refractivity contribution < 1.29 is 9.53 Å². The fraction of sp³-hybridized carbons (Fsp3) is 0.583. The van der Waals surface area contributed by atoms with Crippen LogP contribution < -0.4 is 10.9 Å². The number of hydrazine groups is 1. The maximum Gasteiger partial charge on any atom is 0.422 e. The molecule has 0 bridgehead atoms. The number of halogens is 1. The highest BCUT2D eigenvalue weighted by molar-refractivity contribution is 7.16. The number of fused-ring (bicyclic) bond motifs is 1. The van der Waals surface area contributed by atoms with Crippen LogP contribution >= 0.6 is 22.9 Å². The highest BCUT2D eigenvalue weighted by Gasteiger charge is 2.26. The average Bonchev–Trinajstić information content (AvgIpc) is 2.71. The van der Waals surface area contributed by atoms with Gasteiger partial charge < -0.3 is 4.74 Å². The molecule has 0 saturated heterocycles. The zero-order valence-corrected chi connectivity index (χ0v) is 12.2. The first-order valence-electron chi connectivity index (χ1n) is 5.88. The van der Waals surface area contributed by atoms with Crippen molar-refractivity contribution in [2.45, 2.75) is 45.3 Å². The third-order valence-corrected chi connectivity index (χ3v) is 3.93. The van der Waals surface area contributed by atoms with Crippen LogP contribution in [0.15, 0.2) is 6.07 Å². The molecule has 0 aromatic carbocycles. The largest absolute Gasteiger partial charge is 0.443 e. The summed E-state index contributed by atoms with van der Waals surface area (Å²) in [7, 11) is 0. The summed E-state index contributed by atoms with van der Waals surface area (Å²) in [5.74, 6) is 0. The fourth-order valence-electron chi connectivity index (χ4n) is 1.93. The van der Waals surface area contributed by atoms with Crippen molar-refractivity contribution in [1.29, 1.82) is 0 Å². The first kappa shape index (κ1) is 13.6. The number of thiophene rings is 1. The molecule has 1 unspecified atom stereocenters. The molecule has 1 aliphatic rings. The molecule has 1 heterocycles. The molecule has 1 aliphatic carbocycles. The van der Waals surface area contributed by atoms with Gasteiger partial charge in [-0.05, 0) is 45.2 Å². The van der Waals surface area contributed by atoms with Gasteiger partial charge in [0.15, 0.2) is 0 Å². The third kappa shape index (κ3) is 3.37. The number of ether oxygens (including phenoxy) is 1. The summed E-state index contributed by atoms with van der Waals surface area (Å²) in [6, 6.07) is 2.08. The van der Waals surface area contributed by atoms with E-state index in [1.165, 1.54) is 10.4 Å². The summed E-state index contributed by atoms with van der Waals surface area (Å²) >= 11 is 7.58. The Hall–Kier alpha value is -0.780. The van der Waals surface area contributed by atoms with Crippen LogP contribution in [0.2, 0.25) is 4.34 Å². The minimum absolute atomic E-state index is 0.122. The zero-order chi connectivity index (χ0) is 13.3. The molecule has 0 spiro atoms. The van der Waals surface area contributed by atoms with Gasteiger partial charge in [0.05, 0.1) is 10.4 Å². The van der Waals surface area contributed by atoms with Crippen LogP contribution in [0.3, 0.4) is 0 Å². The van der Waals surface area contributed by atoms with Crippen LogP contribution in [0.5, 0.6) is 0 Å². The van der Waals surface area contributed by atoms with Gasteiger partial charge in [-0.2, -0.15) is 0 Å². The van der Waals surface area contributed by atoms with Gasteiger partial charge in [-0.15, -0.1) is 11.3 Å². The first-order valence-corrected chi connectivity index (χ1v) is 7.07. The lowest BCUT2D eigenvalue weighted by molar-refractivity contribution is 0.0487. The second-order valence-electron chi connectivity index (χ2n) is 5.29. The van der Waals surface area contributed by atoms with E-state index >= 15 is 0 Å². The van der Waals surface area contributed by atoms with Gasteiger partial charge in [0.2, 0.25) is 0 Å². The Morgan fingerprint density at radius 2 is 2.28 bits per heavy atom. The van der Waals surface area contributed by atoms with E-state index in [2.05, 4.69) is 10.9 Å². The number of nitrogens with one attached hydrogen (secondary N) is 2. The van der Waals surface area contributed by atoms with E-state index in [1.807, 2.05) is 26.8 Å². The predicted octanol–water partition coefficient (Wildman–Crippen LogP) is 3.42. The Morgan fingerprint density at radius 3 is 2.94 bits per heavy atom. The van der Waals surface area contributed by atoms with E-state index < -0.39 is 11.7 Å². The number of carbonyl (C=O) groups is 1. The number of hydrogen-bond acceptors (Lipinski definition) is 4. The molecule has 18 heavy (non-hydrogen) atoms. The molecule has 0 aliphatic heterocycles. The zero-order valence-electron chi connectivity index (χ0n) is 10.7. The van der Waals surface area contributed by atoms with Crippen molar-refractivity contribution in [3.05, 3.63) is 20.8 Å². The molecule has 1 amide bonds. The second-order valence-corrected chi connectivity index (χ2v) is 7.06. The number of amides is 1. The number of aryl methyl sites for hydroxylation is 1. The van der Waals surface area contributed by atoms with Gasteiger partial charge in [0, 0.05) is 4.88 Å². The van der Waals surface area contributed by atoms with Gasteiger partial charge in [0.1, 0.15) is 5.60 Å². The van der Waals surface area contributed by atoms with Crippen molar-refractivity contribution in [3.63, 3.8) is 0 Å². The van der Waals surface area contributed by atoms with Crippen molar-refractivity contribution >= 4 is 29.0 Å². The predicted molar refractivity (Wildman–Crippen MR) is 72.9 cm³/mol. The molecule has 1 aromatic rings. The topological polar surface area (TPSA) is 50.4 Å². The minimum atomic E-state index is -0.488. The van der Waals surface area contributed by atoms with E-state index in [0.29, 0.717) is 0 Å². The van der Waals surface area contributed by atoms with Crippen LogP contribution in [-0.4, -0.2) is 11.7 Å². The van der Waals surface area contributed by atoms with Crippen LogP contribution in [0.25, 0.3) is 0 Å². The van der Waals surface area contributed by atoms with Crippen molar-refractivity contribution in [2.24, 2.45) is 0 Å². The molecule has 1 aromatic heterocycles. The van der Waals surface area contributed by atoms with Gasteiger partial charge in [0.25, 0.3) is 0 Å². The highest BCUT2D eigenvalue weighted by atomic mass is 35.5. The summed E-state index contributed by atoms with van der Waals surface area (Å²) in [5.41, 5.74) is 6.27. The number of hydrogen-bond donors (Lipinski definition) is 2. The molecule has 4 nitrogen and oxygen atoms in total. The van der Waals surface area contributed by atoms with Gasteiger partial charge >= 0.3 is 6.09 Å². The van der Waals surface area contributed by atoms with Gasteiger partial charge in [-0.25, -0.2) is 10.2 Å². The monoisotopic (exact) mass is 288 g/mol. The Labute approximate surface area is 116 Å². The smallest absolute Gasteiger partial charge is 0.422 e.